The minimum atomic E-state index is -0.377. The third-order valence-corrected chi connectivity index (χ3v) is 6.69. The third-order valence-electron chi connectivity index (χ3n) is 6.69. The topological polar surface area (TPSA) is 76.7 Å². The van der Waals surface area contributed by atoms with Gasteiger partial charge in [0.1, 0.15) is 0 Å². The van der Waals surface area contributed by atoms with Gasteiger partial charge in [0.15, 0.2) is 11.5 Å². The molecule has 2 heterocycles. The van der Waals surface area contributed by atoms with Gasteiger partial charge in [0, 0.05) is 22.2 Å². The molecule has 6 heteroatoms. The summed E-state index contributed by atoms with van der Waals surface area (Å²) in [5, 5.41) is 7.15. The van der Waals surface area contributed by atoms with Gasteiger partial charge in [0.05, 0.1) is 11.8 Å². The van der Waals surface area contributed by atoms with Crippen LogP contribution < -0.4 is 20.1 Å². The summed E-state index contributed by atoms with van der Waals surface area (Å²) in [4.78, 5) is 26.2. The summed E-state index contributed by atoms with van der Waals surface area (Å²) < 4.78 is 11.6. The van der Waals surface area contributed by atoms with Crippen molar-refractivity contribution in [1.29, 1.82) is 0 Å². The molecule has 32 heavy (non-hydrogen) atoms. The number of carbonyl (C=O) groups is 2. The van der Waals surface area contributed by atoms with E-state index in [0.29, 0.717) is 18.6 Å². The van der Waals surface area contributed by atoms with Crippen LogP contribution >= 0.6 is 0 Å². The van der Waals surface area contributed by atoms with E-state index in [0.717, 1.165) is 12.8 Å². The first kappa shape index (κ1) is 24.7. The van der Waals surface area contributed by atoms with E-state index in [2.05, 4.69) is 52.2 Å². The molecule has 2 fully saturated rings. The van der Waals surface area contributed by atoms with Crippen LogP contribution in [0.1, 0.15) is 81.1 Å². The molecule has 2 aliphatic rings. The van der Waals surface area contributed by atoms with Crippen LogP contribution in [0.15, 0.2) is 24.3 Å². The highest BCUT2D eigenvalue weighted by Gasteiger charge is 2.48. The van der Waals surface area contributed by atoms with Crippen LogP contribution in [0.4, 0.5) is 0 Å². The van der Waals surface area contributed by atoms with Gasteiger partial charge in [-0.15, -0.1) is 0 Å². The molecule has 2 saturated heterocycles. The molecule has 6 nitrogen and oxygen atoms in total. The smallest absolute Gasteiger partial charge is 0.316 e. The molecule has 2 N–H and O–H groups in total. The number of ether oxygens (including phenoxy) is 2. The number of carbonyl (C=O) groups excluding carboxylic acids is 2. The van der Waals surface area contributed by atoms with Gasteiger partial charge in [-0.1, -0.05) is 12.1 Å². The second-order valence-electron chi connectivity index (χ2n) is 12.1. The van der Waals surface area contributed by atoms with E-state index in [1.807, 2.05) is 13.8 Å². The van der Waals surface area contributed by atoms with E-state index in [9.17, 15) is 9.59 Å². The molecule has 0 aliphatic carbocycles. The maximum absolute atomic E-state index is 13.1. The third kappa shape index (κ3) is 5.90. The van der Waals surface area contributed by atoms with Crippen LogP contribution in [0.25, 0.3) is 0 Å². The fraction of sp³-hybridized carbons (Fsp3) is 0.692. The molecule has 3 rings (SSSR count). The van der Waals surface area contributed by atoms with Crippen LogP contribution in [0.3, 0.4) is 0 Å². The highest BCUT2D eigenvalue weighted by molar-refractivity contribution is 5.80. The van der Waals surface area contributed by atoms with Crippen molar-refractivity contribution in [3.63, 3.8) is 0 Å². The number of esters is 2. The highest BCUT2D eigenvalue weighted by Crippen LogP contribution is 2.38. The van der Waals surface area contributed by atoms with Crippen molar-refractivity contribution in [2.45, 2.75) is 103 Å². The summed E-state index contributed by atoms with van der Waals surface area (Å²) >= 11 is 0. The Morgan fingerprint density at radius 2 is 1.31 bits per heavy atom. The zero-order chi connectivity index (χ0) is 23.9. The first-order chi connectivity index (χ1) is 14.6. The Morgan fingerprint density at radius 1 is 0.781 bits per heavy atom. The molecule has 0 amide bonds. The van der Waals surface area contributed by atoms with Crippen molar-refractivity contribution in [2.24, 2.45) is 11.8 Å². The van der Waals surface area contributed by atoms with Gasteiger partial charge in [-0.25, -0.2) is 0 Å². The van der Waals surface area contributed by atoms with Crippen molar-refractivity contribution in [2.75, 3.05) is 0 Å². The molecule has 0 spiro atoms. The summed E-state index contributed by atoms with van der Waals surface area (Å²) in [5.41, 5.74) is -0.739. The van der Waals surface area contributed by atoms with Crippen molar-refractivity contribution < 1.29 is 19.1 Å². The average molecular weight is 445 g/mol. The zero-order valence-corrected chi connectivity index (χ0v) is 20.9. The van der Waals surface area contributed by atoms with Gasteiger partial charge in [-0.3, -0.25) is 9.59 Å². The summed E-state index contributed by atoms with van der Waals surface area (Å²) in [6.07, 6.45) is 3.00. The van der Waals surface area contributed by atoms with Gasteiger partial charge in [0.2, 0.25) is 0 Å². The van der Waals surface area contributed by atoms with Gasteiger partial charge >= 0.3 is 11.9 Å². The summed E-state index contributed by atoms with van der Waals surface area (Å²) in [6, 6.07) is 6.93. The van der Waals surface area contributed by atoms with Crippen molar-refractivity contribution in [3.05, 3.63) is 24.3 Å². The van der Waals surface area contributed by atoms with Gasteiger partial charge in [0.25, 0.3) is 0 Å². The summed E-state index contributed by atoms with van der Waals surface area (Å²) in [6.45, 7) is 16.8. The van der Waals surface area contributed by atoms with E-state index in [1.165, 1.54) is 0 Å². The van der Waals surface area contributed by atoms with E-state index in [1.54, 1.807) is 24.3 Å². The number of hydrogen-bond donors (Lipinski definition) is 2. The largest absolute Gasteiger partial charge is 0.422 e. The van der Waals surface area contributed by atoms with Crippen LogP contribution in [0.5, 0.6) is 11.5 Å². The summed E-state index contributed by atoms with van der Waals surface area (Å²) in [5.74, 6) is -0.511. The maximum Gasteiger partial charge on any atom is 0.316 e. The second-order valence-corrected chi connectivity index (χ2v) is 12.1. The Kier molecular flexibility index (Phi) is 6.53. The second kappa shape index (κ2) is 8.45. The van der Waals surface area contributed by atoms with Crippen molar-refractivity contribution in [3.8, 4) is 11.5 Å². The van der Waals surface area contributed by atoms with Gasteiger partial charge in [-0.2, -0.15) is 0 Å². The van der Waals surface area contributed by atoms with E-state index >= 15 is 0 Å². The Labute approximate surface area is 192 Å². The number of nitrogens with one attached hydrogen (secondary N) is 2. The monoisotopic (exact) mass is 444 g/mol. The zero-order valence-electron chi connectivity index (χ0n) is 20.9. The lowest BCUT2D eigenvalue weighted by atomic mass is 9.87. The Balaban J connectivity index is 1.73. The normalized spacial score (nSPS) is 27.9. The molecule has 2 unspecified atom stereocenters. The van der Waals surface area contributed by atoms with Crippen LogP contribution in [-0.2, 0) is 9.59 Å². The lowest BCUT2D eigenvalue weighted by Crippen LogP contribution is -2.50. The quantitative estimate of drug-likeness (QED) is 0.522. The molecule has 0 bridgehead atoms. The molecular formula is C26H40N2O4. The predicted molar refractivity (Wildman–Crippen MR) is 126 cm³/mol. The molecule has 0 saturated carbocycles. The van der Waals surface area contributed by atoms with E-state index in [-0.39, 0.29) is 51.7 Å². The lowest BCUT2D eigenvalue weighted by molar-refractivity contribution is -0.143. The fourth-order valence-corrected chi connectivity index (χ4v) is 5.63. The number of benzene rings is 1. The molecule has 2 atom stereocenters. The minimum absolute atomic E-state index is 0.0398. The van der Waals surface area contributed by atoms with Crippen molar-refractivity contribution >= 4 is 11.9 Å². The number of hydrogen-bond acceptors (Lipinski definition) is 6. The van der Waals surface area contributed by atoms with Crippen LogP contribution in [0.2, 0.25) is 0 Å². The van der Waals surface area contributed by atoms with Gasteiger partial charge in [-0.05, 0) is 93.2 Å². The molecular weight excluding hydrogens is 404 g/mol. The predicted octanol–water partition coefficient (Wildman–Crippen LogP) is 4.61. The Bertz CT molecular complexity index is 872. The minimum Gasteiger partial charge on any atom is -0.422 e. The SMILES string of the molecule is CC1(C)CCC(C(=O)Oc2ccccc2OC(=O)C2CC(C)(C)NC2(C)C)CC(C)(C)N1. The molecule has 178 valence electrons. The highest BCUT2D eigenvalue weighted by atomic mass is 16.6. The Hall–Kier alpha value is -1.92. The molecule has 0 radical (unpaired) electrons. The number of para-hydroxylation sites is 2. The van der Waals surface area contributed by atoms with Crippen LogP contribution in [-0.4, -0.2) is 34.1 Å². The average Bonchev–Trinajstić information content (AvgIpc) is 2.78. The van der Waals surface area contributed by atoms with Crippen LogP contribution in [0, 0.1) is 11.8 Å². The van der Waals surface area contributed by atoms with Crippen molar-refractivity contribution in [1.82, 2.24) is 10.6 Å². The molecule has 1 aromatic rings. The summed E-state index contributed by atoms with van der Waals surface area (Å²) in [7, 11) is 0. The van der Waals surface area contributed by atoms with E-state index < -0.39 is 0 Å². The molecule has 0 aromatic heterocycles. The molecule has 2 aliphatic heterocycles. The Morgan fingerprint density at radius 3 is 1.84 bits per heavy atom. The fourth-order valence-electron chi connectivity index (χ4n) is 5.63. The van der Waals surface area contributed by atoms with Gasteiger partial charge < -0.3 is 20.1 Å². The maximum atomic E-state index is 13.1. The molecule has 1 aromatic carbocycles. The first-order valence-electron chi connectivity index (χ1n) is 11.7. The first-order valence-corrected chi connectivity index (χ1v) is 11.7. The lowest BCUT2D eigenvalue weighted by Gasteiger charge is -2.34. The van der Waals surface area contributed by atoms with E-state index in [4.69, 9.17) is 9.47 Å². The number of rotatable bonds is 4. The standard InChI is InChI=1S/C26H40N2O4/c1-23(2)14-13-17(15-24(3,4)27-23)21(29)31-19-11-9-10-12-20(19)32-22(30)18-16-25(5,6)28-26(18,7)8/h9-12,17-18,27-28H,13-16H2,1-8H3.